The molecule has 2 aromatic rings. The molecule has 0 saturated heterocycles. The van der Waals surface area contributed by atoms with Crippen molar-refractivity contribution in [2.45, 2.75) is 18.7 Å². The zero-order chi connectivity index (χ0) is 15.6. The van der Waals surface area contributed by atoms with Gasteiger partial charge in [-0.1, -0.05) is 12.1 Å². The van der Waals surface area contributed by atoms with Crippen molar-refractivity contribution in [3.05, 3.63) is 59.4 Å². The number of anilines is 1. The maximum Gasteiger partial charge on any atom is 0.261 e. The van der Waals surface area contributed by atoms with Crippen molar-refractivity contribution in [2.24, 2.45) is 0 Å². The molecule has 0 heterocycles. The minimum Gasteiger partial charge on any atom is -0.295 e. The molecule has 0 aromatic heterocycles. The van der Waals surface area contributed by atoms with Crippen molar-refractivity contribution in [1.29, 1.82) is 0 Å². The molecule has 0 spiro atoms. The number of sulfonamides is 1. The number of Topliss-reactive ketones (excluding diaryl/α,β-unsaturated/α-hetero) is 1. The van der Waals surface area contributed by atoms with Gasteiger partial charge in [0.25, 0.3) is 10.0 Å². The molecule has 0 aliphatic rings. The van der Waals surface area contributed by atoms with Crippen LogP contribution in [0.3, 0.4) is 0 Å². The number of nitrogens with one attached hydrogen (secondary N) is 1. The Kier molecular flexibility index (Phi) is 4.09. The molecule has 21 heavy (non-hydrogen) atoms. The molecule has 110 valence electrons. The van der Waals surface area contributed by atoms with Crippen LogP contribution in [0.2, 0.25) is 0 Å². The van der Waals surface area contributed by atoms with Crippen molar-refractivity contribution in [3.8, 4) is 0 Å². The van der Waals surface area contributed by atoms with Crippen LogP contribution in [0.5, 0.6) is 0 Å². The summed E-state index contributed by atoms with van der Waals surface area (Å²) in [5.74, 6) is -0.567. The van der Waals surface area contributed by atoms with E-state index < -0.39 is 15.8 Å². The van der Waals surface area contributed by atoms with Gasteiger partial charge in [-0.2, -0.15) is 0 Å². The first kappa shape index (κ1) is 15.2. The van der Waals surface area contributed by atoms with Crippen LogP contribution >= 0.6 is 0 Å². The normalized spacial score (nSPS) is 11.2. The number of rotatable bonds is 4. The van der Waals surface area contributed by atoms with Crippen LogP contribution in [0, 0.1) is 12.7 Å². The lowest BCUT2D eigenvalue weighted by Crippen LogP contribution is -2.14. The highest BCUT2D eigenvalue weighted by Crippen LogP contribution is 2.20. The van der Waals surface area contributed by atoms with Gasteiger partial charge in [-0.3, -0.25) is 9.52 Å². The Morgan fingerprint density at radius 3 is 2.24 bits per heavy atom. The Morgan fingerprint density at radius 1 is 1.10 bits per heavy atom. The first-order valence-corrected chi connectivity index (χ1v) is 7.68. The molecule has 6 heteroatoms. The van der Waals surface area contributed by atoms with Crippen LogP contribution in [-0.2, 0) is 10.0 Å². The van der Waals surface area contributed by atoms with E-state index in [1.165, 1.54) is 49.4 Å². The van der Waals surface area contributed by atoms with Crippen LogP contribution in [0.4, 0.5) is 10.1 Å². The minimum atomic E-state index is -3.77. The predicted molar refractivity (Wildman–Crippen MR) is 78.4 cm³/mol. The van der Waals surface area contributed by atoms with Gasteiger partial charge in [0, 0.05) is 5.56 Å². The standard InChI is InChI=1S/C15H14FNO3S/c1-10-9-13(16)5-8-15(10)17-21(19,20)14-6-3-12(4-7-14)11(2)18/h3-9,17H,1-2H3. The molecule has 0 atom stereocenters. The van der Waals surface area contributed by atoms with E-state index in [1.807, 2.05) is 0 Å². The average molecular weight is 307 g/mol. The number of carbonyl (C=O) groups is 1. The zero-order valence-electron chi connectivity index (χ0n) is 11.6. The summed E-state index contributed by atoms with van der Waals surface area (Å²) in [5.41, 5.74) is 1.23. The fourth-order valence-corrected chi connectivity index (χ4v) is 2.94. The highest BCUT2D eigenvalue weighted by Gasteiger charge is 2.15. The number of ketones is 1. The third-order valence-electron chi connectivity index (χ3n) is 3.00. The maximum absolute atomic E-state index is 13.0. The van der Waals surface area contributed by atoms with E-state index in [9.17, 15) is 17.6 Å². The van der Waals surface area contributed by atoms with Crippen molar-refractivity contribution < 1.29 is 17.6 Å². The fourth-order valence-electron chi connectivity index (χ4n) is 1.81. The van der Waals surface area contributed by atoms with Gasteiger partial charge in [-0.05, 0) is 49.7 Å². The van der Waals surface area contributed by atoms with Crippen LogP contribution in [0.25, 0.3) is 0 Å². The lowest BCUT2D eigenvalue weighted by Gasteiger charge is -2.10. The van der Waals surface area contributed by atoms with E-state index >= 15 is 0 Å². The van der Waals surface area contributed by atoms with Gasteiger partial charge >= 0.3 is 0 Å². The molecular weight excluding hydrogens is 293 g/mol. The number of aryl methyl sites for hydroxylation is 1. The van der Waals surface area contributed by atoms with E-state index in [0.717, 1.165) is 0 Å². The molecule has 2 rings (SSSR count). The Balaban J connectivity index is 2.31. The van der Waals surface area contributed by atoms with Crippen molar-refractivity contribution in [3.63, 3.8) is 0 Å². The van der Waals surface area contributed by atoms with Crippen molar-refractivity contribution in [1.82, 2.24) is 0 Å². The minimum absolute atomic E-state index is 0.0382. The summed E-state index contributed by atoms with van der Waals surface area (Å²) in [6.45, 7) is 3.02. The molecule has 0 bridgehead atoms. The first-order valence-electron chi connectivity index (χ1n) is 6.19. The van der Waals surface area contributed by atoms with Crippen LogP contribution in [0.15, 0.2) is 47.4 Å². The second-order valence-corrected chi connectivity index (χ2v) is 6.33. The first-order chi connectivity index (χ1) is 9.79. The predicted octanol–water partition coefficient (Wildman–Crippen LogP) is 3.14. The Labute approximate surface area is 122 Å². The van der Waals surface area contributed by atoms with Gasteiger partial charge in [0.05, 0.1) is 10.6 Å². The summed E-state index contributed by atoms with van der Waals surface area (Å²) >= 11 is 0. The largest absolute Gasteiger partial charge is 0.295 e. The van der Waals surface area contributed by atoms with E-state index in [0.29, 0.717) is 16.8 Å². The summed E-state index contributed by atoms with van der Waals surface area (Å²) in [7, 11) is -3.77. The summed E-state index contributed by atoms with van der Waals surface area (Å²) < 4.78 is 39.9. The van der Waals surface area contributed by atoms with Gasteiger partial charge in [-0.15, -0.1) is 0 Å². The highest BCUT2D eigenvalue weighted by molar-refractivity contribution is 7.92. The quantitative estimate of drug-likeness (QED) is 0.883. The van der Waals surface area contributed by atoms with Crippen molar-refractivity contribution in [2.75, 3.05) is 4.72 Å². The second kappa shape index (κ2) is 5.65. The van der Waals surface area contributed by atoms with Gasteiger partial charge in [0.1, 0.15) is 5.82 Å². The molecule has 4 nitrogen and oxygen atoms in total. The number of halogens is 1. The van der Waals surface area contributed by atoms with Gasteiger partial charge in [0.2, 0.25) is 0 Å². The maximum atomic E-state index is 13.0. The molecule has 0 unspecified atom stereocenters. The van der Waals surface area contributed by atoms with Gasteiger partial charge in [-0.25, -0.2) is 12.8 Å². The molecule has 0 aliphatic carbocycles. The molecule has 2 aromatic carbocycles. The van der Waals surface area contributed by atoms with E-state index in [4.69, 9.17) is 0 Å². The molecule has 0 fully saturated rings. The van der Waals surface area contributed by atoms with E-state index in [1.54, 1.807) is 6.92 Å². The molecule has 0 amide bonds. The molecule has 0 saturated carbocycles. The molecule has 0 aliphatic heterocycles. The Morgan fingerprint density at radius 2 is 1.71 bits per heavy atom. The summed E-state index contributed by atoms with van der Waals surface area (Å²) in [5, 5.41) is 0. The highest BCUT2D eigenvalue weighted by atomic mass is 32.2. The summed E-state index contributed by atoms with van der Waals surface area (Å²) in [4.78, 5) is 11.2. The second-order valence-electron chi connectivity index (χ2n) is 4.65. The molecule has 1 N–H and O–H groups in total. The third-order valence-corrected chi connectivity index (χ3v) is 4.39. The number of benzene rings is 2. The van der Waals surface area contributed by atoms with E-state index in [2.05, 4.69) is 4.72 Å². The molecule has 0 radical (unpaired) electrons. The third kappa shape index (κ3) is 3.46. The number of hydrogen-bond acceptors (Lipinski definition) is 3. The van der Waals surface area contributed by atoms with E-state index in [-0.39, 0.29) is 10.7 Å². The zero-order valence-corrected chi connectivity index (χ0v) is 12.4. The van der Waals surface area contributed by atoms with Gasteiger partial charge < -0.3 is 0 Å². The van der Waals surface area contributed by atoms with Gasteiger partial charge in [0.15, 0.2) is 5.78 Å². The van der Waals surface area contributed by atoms with Crippen LogP contribution < -0.4 is 4.72 Å². The molecular formula is C15H14FNO3S. The monoisotopic (exact) mass is 307 g/mol. The summed E-state index contributed by atoms with van der Waals surface area (Å²) in [6.07, 6.45) is 0. The lowest BCUT2D eigenvalue weighted by atomic mass is 10.2. The fraction of sp³-hybridized carbons (Fsp3) is 0.133. The summed E-state index contributed by atoms with van der Waals surface area (Å²) in [6, 6.07) is 9.42. The topological polar surface area (TPSA) is 63.2 Å². The van der Waals surface area contributed by atoms with Crippen LogP contribution in [0.1, 0.15) is 22.8 Å². The SMILES string of the molecule is CC(=O)c1ccc(S(=O)(=O)Nc2ccc(F)cc2C)cc1. The van der Waals surface area contributed by atoms with Crippen LogP contribution in [-0.4, -0.2) is 14.2 Å². The number of hydrogen-bond donors (Lipinski definition) is 1. The Hall–Kier alpha value is -2.21. The Bertz CT molecular complexity index is 783. The van der Waals surface area contributed by atoms with Crippen molar-refractivity contribution >= 4 is 21.5 Å². The smallest absolute Gasteiger partial charge is 0.261 e. The number of carbonyl (C=O) groups excluding carboxylic acids is 1. The average Bonchev–Trinajstić information content (AvgIpc) is 2.42. The lowest BCUT2D eigenvalue weighted by molar-refractivity contribution is 0.101.